The smallest absolute Gasteiger partial charge is 0.208 e. The molecule has 9 nitrogen and oxygen atoms in total. The third-order valence-corrected chi connectivity index (χ3v) is 7.36. The minimum atomic E-state index is -0.0122. The highest BCUT2D eigenvalue weighted by molar-refractivity contribution is 7.17. The van der Waals surface area contributed by atoms with Gasteiger partial charge < -0.3 is 4.90 Å². The van der Waals surface area contributed by atoms with Crippen molar-refractivity contribution < 1.29 is 9.59 Å². The lowest BCUT2D eigenvalue weighted by Crippen LogP contribution is -2.19. The van der Waals surface area contributed by atoms with Gasteiger partial charge in [0.25, 0.3) is 0 Å². The van der Waals surface area contributed by atoms with E-state index < -0.39 is 0 Å². The number of aryl methyl sites for hydroxylation is 2. The van der Waals surface area contributed by atoms with Crippen LogP contribution in [0.3, 0.4) is 0 Å². The van der Waals surface area contributed by atoms with E-state index in [2.05, 4.69) is 35.3 Å². The molecule has 0 bridgehead atoms. The summed E-state index contributed by atoms with van der Waals surface area (Å²) in [5, 5.41) is 18.3. The van der Waals surface area contributed by atoms with Crippen molar-refractivity contribution in [2.45, 2.75) is 44.9 Å². The summed E-state index contributed by atoms with van der Waals surface area (Å²) in [4.78, 5) is 35.7. The maximum atomic E-state index is 12.6. The van der Waals surface area contributed by atoms with Gasteiger partial charge in [-0.1, -0.05) is 17.4 Å². The number of Topliss-reactive ketones (excluding diaryl/α,β-unsaturated/α-hetero) is 2. The average Bonchev–Trinajstić information content (AvgIpc) is 3.59. The van der Waals surface area contributed by atoms with Crippen LogP contribution in [0.5, 0.6) is 0 Å². The predicted molar refractivity (Wildman–Crippen MR) is 140 cm³/mol. The Kier molecular flexibility index (Phi) is 7.65. The number of carbonyl (C=O) groups is 2. The molecule has 5 rings (SSSR count). The summed E-state index contributed by atoms with van der Waals surface area (Å²) in [5.41, 5.74) is 4.35. The van der Waals surface area contributed by atoms with E-state index in [4.69, 9.17) is 0 Å². The van der Waals surface area contributed by atoms with Crippen LogP contribution in [0.2, 0.25) is 0 Å². The van der Waals surface area contributed by atoms with Crippen LogP contribution in [0.25, 0.3) is 0 Å². The second kappa shape index (κ2) is 11.4. The molecule has 5 heterocycles. The molecule has 1 aliphatic heterocycles. The average molecular weight is 514 g/mol. The van der Waals surface area contributed by atoms with Crippen LogP contribution < -0.4 is 4.90 Å². The highest BCUT2D eigenvalue weighted by Gasteiger charge is 2.28. The molecular formula is C27H27N7O2S. The van der Waals surface area contributed by atoms with Gasteiger partial charge in [0.15, 0.2) is 10.8 Å². The first-order valence-corrected chi connectivity index (χ1v) is 13.1. The van der Waals surface area contributed by atoms with Crippen molar-refractivity contribution in [3.8, 4) is 0 Å². The molecule has 0 amide bonds. The molecule has 4 aromatic heterocycles. The molecule has 1 fully saturated rings. The number of hydrogen-bond donors (Lipinski definition) is 0. The summed E-state index contributed by atoms with van der Waals surface area (Å²) < 4.78 is 0. The number of carbonyl (C=O) groups excluding carboxylic acids is 2. The lowest BCUT2D eigenvalue weighted by atomic mass is 10.0. The van der Waals surface area contributed by atoms with E-state index >= 15 is 0 Å². The SMILES string of the molecule is Cc1ccnc(CCC(=O)c2nnc(N3CC[C@H](c4ccc(CC(=O)Cc5ccccn5)nn4)C3)s2)c1. The van der Waals surface area contributed by atoms with Gasteiger partial charge in [0, 0.05) is 55.6 Å². The summed E-state index contributed by atoms with van der Waals surface area (Å²) in [5.74, 6) is 0.257. The quantitative estimate of drug-likeness (QED) is 0.293. The van der Waals surface area contributed by atoms with E-state index in [9.17, 15) is 9.59 Å². The van der Waals surface area contributed by atoms with Crippen LogP contribution >= 0.6 is 11.3 Å². The molecule has 0 N–H and O–H groups in total. The molecule has 37 heavy (non-hydrogen) atoms. The summed E-state index contributed by atoms with van der Waals surface area (Å²) in [7, 11) is 0. The number of hydrogen-bond acceptors (Lipinski definition) is 10. The Hall–Kier alpha value is -3.92. The van der Waals surface area contributed by atoms with Crippen LogP contribution in [0.1, 0.15) is 56.9 Å². The molecule has 10 heteroatoms. The molecule has 1 saturated heterocycles. The van der Waals surface area contributed by atoms with E-state index in [1.165, 1.54) is 11.3 Å². The molecule has 0 unspecified atom stereocenters. The first-order valence-electron chi connectivity index (χ1n) is 12.3. The fraction of sp³-hybridized carbons (Fsp3) is 0.333. The molecule has 1 atom stereocenters. The van der Waals surface area contributed by atoms with Gasteiger partial charge >= 0.3 is 0 Å². The molecule has 4 aromatic rings. The lowest BCUT2D eigenvalue weighted by molar-refractivity contribution is -0.117. The van der Waals surface area contributed by atoms with E-state index in [1.54, 1.807) is 12.4 Å². The maximum Gasteiger partial charge on any atom is 0.208 e. The minimum absolute atomic E-state index is 0.0122. The molecule has 0 aliphatic carbocycles. The summed E-state index contributed by atoms with van der Waals surface area (Å²) in [6.07, 6.45) is 5.84. The monoisotopic (exact) mass is 513 g/mol. The zero-order valence-electron chi connectivity index (χ0n) is 20.6. The predicted octanol–water partition coefficient (Wildman–Crippen LogP) is 3.59. The number of anilines is 1. The second-order valence-corrected chi connectivity index (χ2v) is 10.2. The standard InChI is InChI=1S/C27H27N7O2S/c1-18-9-12-29-21(14-18)6-8-25(36)26-32-33-27(37-26)34-13-10-19(17-34)24-7-5-22(30-31-24)16-23(35)15-20-4-2-3-11-28-20/h2-5,7,9,11-12,14,19H,6,8,10,13,15-17H2,1H3/t19-/m0/s1. The molecule has 0 aromatic carbocycles. The Balaban J connectivity index is 1.13. The summed E-state index contributed by atoms with van der Waals surface area (Å²) >= 11 is 1.34. The van der Waals surface area contributed by atoms with Gasteiger partial charge in [-0.2, -0.15) is 10.2 Å². The van der Waals surface area contributed by atoms with Gasteiger partial charge in [-0.3, -0.25) is 19.6 Å². The molecule has 1 aliphatic rings. The van der Waals surface area contributed by atoms with Crippen molar-refractivity contribution in [2.75, 3.05) is 18.0 Å². The highest BCUT2D eigenvalue weighted by Crippen LogP contribution is 2.31. The van der Waals surface area contributed by atoms with Crippen LogP contribution in [0.15, 0.2) is 54.9 Å². The van der Waals surface area contributed by atoms with Crippen molar-refractivity contribution in [1.82, 2.24) is 30.4 Å². The van der Waals surface area contributed by atoms with Gasteiger partial charge in [-0.25, -0.2) is 0 Å². The van der Waals surface area contributed by atoms with E-state index in [-0.39, 0.29) is 30.3 Å². The van der Waals surface area contributed by atoms with Gasteiger partial charge in [0.2, 0.25) is 5.13 Å². The molecule has 0 radical (unpaired) electrons. The number of rotatable bonds is 10. The van der Waals surface area contributed by atoms with Gasteiger partial charge in [0.1, 0.15) is 5.78 Å². The van der Waals surface area contributed by atoms with Gasteiger partial charge in [-0.05, 0) is 61.7 Å². The molecule has 0 spiro atoms. The van der Waals surface area contributed by atoms with Crippen molar-refractivity contribution in [2.24, 2.45) is 0 Å². The van der Waals surface area contributed by atoms with Gasteiger partial charge in [-0.15, -0.1) is 10.2 Å². The zero-order chi connectivity index (χ0) is 25.6. The minimum Gasteiger partial charge on any atom is -0.346 e. The van der Waals surface area contributed by atoms with Crippen LogP contribution in [-0.2, 0) is 24.1 Å². The fourth-order valence-electron chi connectivity index (χ4n) is 4.37. The first kappa shape index (κ1) is 24.8. The molecular weight excluding hydrogens is 486 g/mol. The largest absolute Gasteiger partial charge is 0.346 e. The van der Waals surface area contributed by atoms with Crippen molar-refractivity contribution >= 4 is 28.0 Å². The van der Waals surface area contributed by atoms with Crippen molar-refractivity contribution in [3.05, 3.63) is 88.2 Å². The topological polar surface area (TPSA) is 115 Å². The first-order chi connectivity index (χ1) is 18.0. The molecule has 0 saturated carbocycles. The Morgan fingerprint density at radius 1 is 0.946 bits per heavy atom. The summed E-state index contributed by atoms with van der Waals surface area (Å²) in [6.45, 7) is 3.56. The number of pyridine rings is 2. The normalized spacial score (nSPS) is 15.2. The van der Waals surface area contributed by atoms with E-state index in [0.717, 1.165) is 47.3 Å². The van der Waals surface area contributed by atoms with E-state index in [0.29, 0.717) is 23.5 Å². The van der Waals surface area contributed by atoms with Crippen molar-refractivity contribution in [3.63, 3.8) is 0 Å². The maximum absolute atomic E-state index is 12.6. The summed E-state index contributed by atoms with van der Waals surface area (Å²) in [6, 6.07) is 13.3. The third kappa shape index (κ3) is 6.45. The number of aromatic nitrogens is 6. The van der Waals surface area contributed by atoms with Crippen molar-refractivity contribution in [1.29, 1.82) is 0 Å². The molecule has 188 valence electrons. The number of nitrogens with zero attached hydrogens (tertiary/aromatic N) is 7. The van der Waals surface area contributed by atoms with Crippen LogP contribution in [0.4, 0.5) is 5.13 Å². The Morgan fingerprint density at radius 2 is 1.81 bits per heavy atom. The van der Waals surface area contributed by atoms with E-state index in [1.807, 2.05) is 49.4 Å². The fourth-order valence-corrected chi connectivity index (χ4v) is 5.21. The number of ketones is 2. The Labute approximate surface area is 219 Å². The zero-order valence-corrected chi connectivity index (χ0v) is 21.4. The third-order valence-electron chi connectivity index (χ3n) is 6.33. The Morgan fingerprint density at radius 3 is 2.59 bits per heavy atom. The lowest BCUT2D eigenvalue weighted by Gasteiger charge is -2.13. The van der Waals surface area contributed by atoms with Crippen LogP contribution in [0, 0.1) is 6.92 Å². The Bertz CT molecular complexity index is 1380. The highest BCUT2D eigenvalue weighted by atomic mass is 32.1. The van der Waals surface area contributed by atoms with Gasteiger partial charge in [0.05, 0.1) is 17.8 Å². The second-order valence-electron chi connectivity index (χ2n) is 9.23. The van der Waals surface area contributed by atoms with Crippen LogP contribution in [-0.4, -0.2) is 55.0 Å².